The van der Waals surface area contributed by atoms with Crippen molar-refractivity contribution in [2.24, 2.45) is 5.92 Å². The van der Waals surface area contributed by atoms with Crippen LogP contribution in [-0.2, 0) is 0 Å². The van der Waals surface area contributed by atoms with E-state index in [4.69, 9.17) is 0 Å². The fourth-order valence-electron chi connectivity index (χ4n) is 3.34. The number of aryl methyl sites for hydroxylation is 1. The third kappa shape index (κ3) is 2.32. The SMILES string of the molecule is Cc1ccc(NC(=O)N2C(C)CC3CNCC32)cc1. The normalized spacial score (nSPS) is 29.4. The summed E-state index contributed by atoms with van der Waals surface area (Å²) in [5.41, 5.74) is 2.07. The number of nitrogens with zero attached hydrogens (tertiary/aromatic N) is 1. The Morgan fingerprint density at radius 3 is 2.79 bits per heavy atom. The maximum Gasteiger partial charge on any atom is 0.322 e. The van der Waals surface area contributed by atoms with E-state index < -0.39 is 0 Å². The largest absolute Gasteiger partial charge is 0.322 e. The molecular weight excluding hydrogens is 238 g/mol. The van der Waals surface area contributed by atoms with Gasteiger partial charge < -0.3 is 15.5 Å². The van der Waals surface area contributed by atoms with Gasteiger partial charge in [-0.15, -0.1) is 0 Å². The van der Waals surface area contributed by atoms with Gasteiger partial charge in [0.15, 0.2) is 0 Å². The second-order valence-corrected chi connectivity index (χ2v) is 5.77. The highest BCUT2D eigenvalue weighted by Gasteiger charge is 2.44. The Morgan fingerprint density at radius 2 is 2.05 bits per heavy atom. The number of carbonyl (C=O) groups is 1. The van der Waals surface area contributed by atoms with E-state index in [1.165, 1.54) is 5.56 Å². The number of benzene rings is 1. The lowest BCUT2D eigenvalue weighted by Gasteiger charge is -2.27. The predicted octanol–water partition coefficient (Wildman–Crippen LogP) is 2.21. The number of fused-ring (bicyclic) bond motifs is 1. The third-order valence-corrected chi connectivity index (χ3v) is 4.32. The number of rotatable bonds is 1. The third-order valence-electron chi connectivity index (χ3n) is 4.32. The van der Waals surface area contributed by atoms with Crippen molar-refractivity contribution in [1.29, 1.82) is 0 Å². The molecule has 2 amide bonds. The van der Waals surface area contributed by atoms with E-state index in [1.54, 1.807) is 0 Å². The number of amides is 2. The summed E-state index contributed by atoms with van der Waals surface area (Å²) in [4.78, 5) is 14.5. The highest BCUT2D eigenvalue weighted by atomic mass is 16.2. The first-order valence-corrected chi connectivity index (χ1v) is 7.02. The van der Waals surface area contributed by atoms with Crippen LogP contribution in [0.4, 0.5) is 10.5 Å². The van der Waals surface area contributed by atoms with Crippen molar-refractivity contribution >= 4 is 11.7 Å². The van der Waals surface area contributed by atoms with Crippen LogP contribution in [0.3, 0.4) is 0 Å². The van der Waals surface area contributed by atoms with Gasteiger partial charge in [-0.3, -0.25) is 0 Å². The molecule has 4 nitrogen and oxygen atoms in total. The Balaban J connectivity index is 1.71. The van der Waals surface area contributed by atoms with Crippen molar-refractivity contribution in [1.82, 2.24) is 10.2 Å². The van der Waals surface area contributed by atoms with Crippen LogP contribution in [0.1, 0.15) is 18.9 Å². The number of nitrogens with one attached hydrogen (secondary N) is 2. The van der Waals surface area contributed by atoms with Crippen LogP contribution in [0, 0.1) is 12.8 Å². The first-order valence-electron chi connectivity index (χ1n) is 7.02. The summed E-state index contributed by atoms with van der Waals surface area (Å²) < 4.78 is 0. The van der Waals surface area contributed by atoms with Crippen LogP contribution in [-0.4, -0.2) is 36.1 Å². The zero-order chi connectivity index (χ0) is 13.4. The molecule has 3 rings (SSSR count). The molecule has 2 aliphatic rings. The first kappa shape index (κ1) is 12.5. The smallest absolute Gasteiger partial charge is 0.317 e. The van der Waals surface area contributed by atoms with Crippen molar-refractivity contribution in [3.8, 4) is 0 Å². The monoisotopic (exact) mass is 259 g/mol. The molecule has 2 N–H and O–H groups in total. The Kier molecular flexibility index (Phi) is 3.19. The second-order valence-electron chi connectivity index (χ2n) is 5.77. The van der Waals surface area contributed by atoms with Crippen LogP contribution in [0.25, 0.3) is 0 Å². The molecule has 19 heavy (non-hydrogen) atoms. The Labute approximate surface area is 114 Å². The van der Waals surface area contributed by atoms with Gasteiger partial charge in [-0.1, -0.05) is 17.7 Å². The van der Waals surface area contributed by atoms with Gasteiger partial charge in [0.25, 0.3) is 0 Å². The fraction of sp³-hybridized carbons (Fsp3) is 0.533. The highest BCUT2D eigenvalue weighted by molar-refractivity contribution is 5.90. The van der Waals surface area contributed by atoms with Crippen molar-refractivity contribution in [2.75, 3.05) is 18.4 Å². The van der Waals surface area contributed by atoms with Gasteiger partial charge in [0.1, 0.15) is 0 Å². The maximum atomic E-state index is 12.4. The molecule has 1 aromatic rings. The molecule has 4 heteroatoms. The van der Waals surface area contributed by atoms with Gasteiger partial charge in [0.2, 0.25) is 0 Å². The van der Waals surface area contributed by atoms with E-state index >= 15 is 0 Å². The lowest BCUT2D eigenvalue weighted by Crippen LogP contribution is -2.45. The molecule has 0 bridgehead atoms. The summed E-state index contributed by atoms with van der Waals surface area (Å²) in [5, 5.41) is 6.39. The van der Waals surface area contributed by atoms with Crippen LogP contribution in [0.2, 0.25) is 0 Å². The number of urea groups is 1. The number of anilines is 1. The minimum atomic E-state index is 0.0348. The first-order chi connectivity index (χ1) is 9.15. The quantitative estimate of drug-likeness (QED) is 0.812. The van der Waals surface area contributed by atoms with Crippen molar-refractivity contribution in [3.05, 3.63) is 29.8 Å². The van der Waals surface area contributed by atoms with E-state index in [9.17, 15) is 4.79 Å². The van der Waals surface area contributed by atoms with E-state index in [2.05, 4.69) is 17.6 Å². The number of likely N-dealkylation sites (tertiary alicyclic amines) is 1. The Morgan fingerprint density at radius 1 is 1.32 bits per heavy atom. The molecule has 2 heterocycles. The number of hydrogen-bond acceptors (Lipinski definition) is 2. The summed E-state index contributed by atoms with van der Waals surface area (Å²) in [6.07, 6.45) is 1.11. The number of carbonyl (C=O) groups excluding carboxylic acids is 1. The van der Waals surface area contributed by atoms with E-state index in [0.29, 0.717) is 18.0 Å². The van der Waals surface area contributed by atoms with Gasteiger partial charge in [0, 0.05) is 24.8 Å². The lowest BCUT2D eigenvalue weighted by molar-refractivity contribution is 0.190. The van der Waals surface area contributed by atoms with Gasteiger partial charge in [0.05, 0.1) is 6.04 Å². The molecule has 3 unspecified atom stereocenters. The highest BCUT2D eigenvalue weighted by Crippen LogP contribution is 2.32. The zero-order valence-corrected chi connectivity index (χ0v) is 11.5. The average Bonchev–Trinajstić information content (AvgIpc) is 2.91. The summed E-state index contributed by atoms with van der Waals surface area (Å²) in [7, 11) is 0. The van der Waals surface area contributed by atoms with E-state index in [1.807, 2.05) is 36.1 Å². The summed E-state index contributed by atoms with van der Waals surface area (Å²) in [6.45, 7) is 6.16. The molecule has 102 valence electrons. The topological polar surface area (TPSA) is 44.4 Å². The van der Waals surface area contributed by atoms with Crippen molar-refractivity contribution < 1.29 is 4.79 Å². The molecule has 2 aliphatic heterocycles. The molecule has 0 radical (unpaired) electrons. The molecule has 0 saturated carbocycles. The van der Waals surface area contributed by atoms with Crippen molar-refractivity contribution in [3.63, 3.8) is 0 Å². The summed E-state index contributed by atoms with van der Waals surface area (Å²) in [6, 6.07) is 8.68. The van der Waals surface area contributed by atoms with Gasteiger partial charge >= 0.3 is 6.03 Å². The minimum absolute atomic E-state index is 0.0348. The van der Waals surface area contributed by atoms with Gasteiger partial charge in [-0.05, 0) is 38.3 Å². The van der Waals surface area contributed by atoms with Crippen LogP contribution < -0.4 is 10.6 Å². The van der Waals surface area contributed by atoms with Crippen LogP contribution in [0.5, 0.6) is 0 Å². The van der Waals surface area contributed by atoms with E-state index in [0.717, 1.165) is 25.2 Å². The minimum Gasteiger partial charge on any atom is -0.317 e. The second kappa shape index (κ2) is 4.85. The van der Waals surface area contributed by atoms with Crippen LogP contribution in [0.15, 0.2) is 24.3 Å². The molecule has 0 spiro atoms. The lowest BCUT2D eigenvalue weighted by atomic mass is 10.0. The Bertz CT molecular complexity index is 471. The average molecular weight is 259 g/mol. The molecule has 1 aromatic carbocycles. The van der Waals surface area contributed by atoms with Gasteiger partial charge in [-0.2, -0.15) is 0 Å². The molecule has 2 saturated heterocycles. The maximum absolute atomic E-state index is 12.4. The summed E-state index contributed by atoms with van der Waals surface area (Å²) in [5.74, 6) is 0.624. The molecule has 0 aliphatic carbocycles. The zero-order valence-electron chi connectivity index (χ0n) is 11.5. The standard InChI is InChI=1S/C15H21N3O/c1-10-3-5-13(6-4-10)17-15(19)18-11(2)7-12-8-16-9-14(12)18/h3-6,11-12,14,16H,7-9H2,1-2H3,(H,17,19). The predicted molar refractivity (Wildman–Crippen MR) is 76.3 cm³/mol. The van der Waals surface area contributed by atoms with E-state index in [-0.39, 0.29) is 6.03 Å². The molecular formula is C15H21N3O. The fourth-order valence-corrected chi connectivity index (χ4v) is 3.34. The summed E-state index contributed by atoms with van der Waals surface area (Å²) >= 11 is 0. The van der Waals surface area contributed by atoms with Crippen molar-refractivity contribution in [2.45, 2.75) is 32.4 Å². The van der Waals surface area contributed by atoms with Crippen LogP contribution >= 0.6 is 0 Å². The van der Waals surface area contributed by atoms with Gasteiger partial charge in [-0.25, -0.2) is 4.79 Å². The number of hydrogen-bond donors (Lipinski definition) is 2. The molecule has 0 aromatic heterocycles. The molecule has 3 atom stereocenters. The molecule has 2 fully saturated rings. The Hall–Kier alpha value is -1.55.